The van der Waals surface area contributed by atoms with Gasteiger partial charge in [0, 0.05) is 10.5 Å². The molecule has 0 radical (unpaired) electrons. The summed E-state index contributed by atoms with van der Waals surface area (Å²) in [5.41, 5.74) is 0.171. The van der Waals surface area contributed by atoms with Gasteiger partial charge in [0.15, 0.2) is 0 Å². The van der Waals surface area contributed by atoms with Gasteiger partial charge in [0.2, 0.25) is 0 Å². The fourth-order valence-corrected chi connectivity index (χ4v) is 4.13. The van der Waals surface area contributed by atoms with Gasteiger partial charge in [-0.3, -0.25) is 9.59 Å². The Bertz CT molecular complexity index is 603. The summed E-state index contributed by atoms with van der Waals surface area (Å²) in [6.45, 7) is 0. The average Bonchev–Trinajstić information content (AvgIpc) is 2.98. The van der Waals surface area contributed by atoms with Crippen LogP contribution in [0.15, 0.2) is 22.7 Å². The van der Waals surface area contributed by atoms with E-state index in [0.29, 0.717) is 4.47 Å². The predicted octanol–water partition coefficient (Wildman–Crippen LogP) is 2.38. The molecule has 2 bridgehead atoms. The van der Waals surface area contributed by atoms with Gasteiger partial charge in [-0.05, 0) is 49.3 Å². The van der Waals surface area contributed by atoms with Crippen molar-refractivity contribution in [2.75, 3.05) is 0 Å². The van der Waals surface area contributed by atoms with E-state index >= 15 is 0 Å². The van der Waals surface area contributed by atoms with E-state index in [4.69, 9.17) is 0 Å². The van der Waals surface area contributed by atoms with Crippen LogP contribution >= 0.6 is 15.9 Å². The number of carbonyl (C=O) groups is 2. The Morgan fingerprint density at radius 3 is 2.62 bits per heavy atom. The number of aliphatic carboxylic acids is 1. The Kier molecular flexibility index (Phi) is 3.65. The van der Waals surface area contributed by atoms with Crippen molar-refractivity contribution in [3.8, 4) is 5.75 Å². The van der Waals surface area contributed by atoms with E-state index in [9.17, 15) is 19.8 Å². The first kappa shape index (κ1) is 14.4. The van der Waals surface area contributed by atoms with Crippen LogP contribution < -0.4 is 5.32 Å². The topological polar surface area (TPSA) is 86.6 Å². The Hall–Kier alpha value is -1.56. The second kappa shape index (κ2) is 5.33. The van der Waals surface area contributed by atoms with Crippen LogP contribution in [0.5, 0.6) is 5.75 Å². The Balaban J connectivity index is 1.79. The van der Waals surface area contributed by atoms with Crippen LogP contribution in [0.4, 0.5) is 0 Å². The van der Waals surface area contributed by atoms with Crippen LogP contribution in [0, 0.1) is 17.8 Å². The fourth-order valence-electron chi connectivity index (χ4n) is 3.78. The maximum Gasteiger partial charge on any atom is 0.308 e. The van der Waals surface area contributed by atoms with E-state index in [0.717, 1.165) is 19.3 Å². The van der Waals surface area contributed by atoms with Crippen LogP contribution in [0.25, 0.3) is 0 Å². The summed E-state index contributed by atoms with van der Waals surface area (Å²) in [6.07, 6.45) is 2.76. The third-order valence-electron chi connectivity index (χ3n) is 4.70. The average molecular weight is 354 g/mol. The van der Waals surface area contributed by atoms with E-state index in [1.165, 1.54) is 12.1 Å². The zero-order chi connectivity index (χ0) is 15.1. The van der Waals surface area contributed by atoms with Crippen molar-refractivity contribution in [1.82, 2.24) is 5.32 Å². The lowest BCUT2D eigenvalue weighted by molar-refractivity contribution is -0.144. The molecule has 2 aliphatic rings. The first-order valence-electron chi connectivity index (χ1n) is 6.99. The number of rotatable bonds is 3. The molecule has 3 N–H and O–H groups in total. The Morgan fingerprint density at radius 2 is 1.95 bits per heavy atom. The van der Waals surface area contributed by atoms with Gasteiger partial charge in [0.1, 0.15) is 5.75 Å². The minimum absolute atomic E-state index is 0.114. The van der Waals surface area contributed by atoms with Gasteiger partial charge < -0.3 is 15.5 Å². The number of carbonyl (C=O) groups excluding carboxylic acids is 1. The van der Waals surface area contributed by atoms with E-state index in [-0.39, 0.29) is 29.2 Å². The highest BCUT2D eigenvalue weighted by atomic mass is 79.9. The van der Waals surface area contributed by atoms with Crippen molar-refractivity contribution in [3.05, 3.63) is 28.2 Å². The molecule has 1 amide bonds. The number of nitrogens with one attached hydrogen (secondary N) is 1. The molecular formula is C15H16BrNO4. The molecule has 6 heteroatoms. The lowest BCUT2D eigenvalue weighted by Gasteiger charge is -2.28. The van der Waals surface area contributed by atoms with E-state index in [1.807, 2.05) is 0 Å². The molecule has 3 rings (SSSR count). The molecule has 5 nitrogen and oxygen atoms in total. The first-order chi connectivity index (χ1) is 9.97. The number of hydrogen-bond acceptors (Lipinski definition) is 3. The monoisotopic (exact) mass is 353 g/mol. The minimum atomic E-state index is -0.840. The van der Waals surface area contributed by atoms with E-state index < -0.39 is 17.8 Å². The minimum Gasteiger partial charge on any atom is -0.507 e. The summed E-state index contributed by atoms with van der Waals surface area (Å²) in [6, 6.07) is 4.31. The van der Waals surface area contributed by atoms with Crippen LogP contribution in [0.2, 0.25) is 0 Å². The smallest absolute Gasteiger partial charge is 0.308 e. The van der Waals surface area contributed by atoms with Crippen molar-refractivity contribution in [1.29, 1.82) is 0 Å². The van der Waals surface area contributed by atoms with Crippen LogP contribution in [-0.4, -0.2) is 28.1 Å². The molecule has 1 aromatic rings. The van der Waals surface area contributed by atoms with E-state index in [2.05, 4.69) is 21.2 Å². The molecule has 4 unspecified atom stereocenters. The lowest BCUT2D eigenvalue weighted by atomic mass is 9.84. The summed E-state index contributed by atoms with van der Waals surface area (Å²) in [5, 5.41) is 22.0. The molecule has 112 valence electrons. The largest absolute Gasteiger partial charge is 0.507 e. The summed E-state index contributed by atoms with van der Waals surface area (Å²) >= 11 is 3.22. The number of halogens is 1. The van der Waals surface area contributed by atoms with Gasteiger partial charge in [-0.2, -0.15) is 0 Å². The highest BCUT2D eigenvalue weighted by molar-refractivity contribution is 9.10. The molecule has 1 aromatic carbocycles. The summed E-state index contributed by atoms with van der Waals surface area (Å²) in [5.74, 6) is -1.48. The number of phenolic OH excluding ortho intramolecular Hbond substituents is 1. The second-order valence-corrected chi connectivity index (χ2v) is 6.77. The molecule has 21 heavy (non-hydrogen) atoms. The molecule has 0 saturated heterocycles. The highest BCUT2D eigenvalue weighted by Gasteiger charge is 2.51. The maximum atomic E-state index is 12.3. The van der Waals surface area contributed by atoms with Crippen molar-refractivity contribution in [2.45, 2.75) is 25.3 Å². The number of hydrogen-bond donors (Lipinski definition) is 3. The molecule has 0 heterocycles. The number of carboxylic acid groups (broad SMARTS) is 1. The number of amides is 1. The molecule has 2 aliphatic carbocycles. The number of fused-ring (bicyclic) bond motifs is 2. The number of carboxylic acids is 1. The quantitative estimate of drug-likeness (QED) is 0.778. The Labute approximate surface area is 130 Å². The van der Waals surface area contributed by atoms with Crippen LogP contribution in [-0.2, 0) is 4.79 Å². The molecule has 0 aromatic heterocycles. The van der Waals surface area contributed by atoms with Crippen molar-refractivity contribution in [2.24, 2.45) is 17.8 Å². The number of phenols is 1. The van der Waals surface area contributed by atoms with Gasteiger partial charge in [-0.1, -0.05) is 15.9 Å². The molecule has 4 atom stereocenters. The first-order valence-corrected chi connectivity index (χ1v) is 7.79. The van der Waals surface area contributed by atoms with E-state index in [1.54, 1.807) is 6.07 Å². The van der Waals surface area contributed by atoms with Crippen LogP contribution in [0.1, 0.15) is 29.6 Å². The molecule has 2 fully saturated rings. The lowest BCUT2D eigenvalue weighted by Crippen LogP contribution is -2.46. The van der Waals surface area contributed by atoms with Crippen LogP contribution in [0.3, 0.4) is 0 Å². The van der Waals surface area contributed by atoms with Gasteiger partial charge >= 0.3 is 5.97 Å². The van der Waals surface area contributed by atoms with Gasteiger partial charge in [0.25, 0.3) is 5.91 Å². The van der Waals surface area contributed by atoms with Gasteiger partial charge in [0.05, 0.1) is 11.5 Å². The highest BCUT2D eigenvalue weighted by Crippen LogP contribution is 2.48. The predicted molar refractivity (Wildman–Crippen MR) is 79.0 cm³/mol. The van der Waals surface area contributed by atoms with Crippen molar-refractivity contribution < 1.29 is 19.8 Å². The van der Waals surface area contributed by atoms with Gasteiger partial charge in [-0.25, -0.2) is 0 Å². The Morgan fingerprint density at radius 1 is 1.24 bits per heavy atom. The summed E-state index contributed by atoms with van der Waals surface area (Å²) < 4.78 is 0.680. The van der Waals surface area contributed by atoms with Crippen molar-refractivity contribution >= 4 is 27.8 Å². The zero-order valence-corrected chi connectivity index (χ0v) is 12.8. The molecule has 0 aliphatic heterocycles. The normalized spacial score (nSPS) is 30.3. The standard InChI is InChI=1S/C15H16BrNO4/c16-9-3-4-10(11(18)6-9)14(19)17-13-8-2-1-7(5-8)12(13)15(20)21/h3-4,6-8,12-13,18H,1-2,5H2,(H,17,19)(H,20,21). The number of aromatic hydroxyl groups is 1. The number of benzene rings is 1. The second-order valence-electron chi connectivity index (χ2n) is 5.86. The van der Waals surface area contributed by atoms with Gasteiger partial charge in [-0.15, -0.1) is 0 Å². The van der Waals surface area contributed by atoms with Crippen molar-refractivity contribution in [3.63, 3.8) is 0 Å². The third-order valence-corrected chi connectivity index (χ3v) is 5.20. The molecule has 0 spiro atoms. The molecule has 2 saturated carbocycles. The summed E-state index contributed by atoms with van der Waals surface area (Å²) in [7, 11) is 0. The maximum absolute atomic E-state index is 12.3. The zero-order valence-electron chi connectivity index (χ0n) is 11.3. The summed E-state index contributed by atoms with van der Waals surface area (Å²) in [4.78, 5) is 23.7. The molecular weight excluding hydrogens is 338 g/mol. The SMILES string of the molecule is O=C(NC1C2CCC(C2)C1C(=O)O)c1ccc(Br)cc1O. The third kappa shape index (κ3) is 2.52. The fraction of sp³-hybridized carbons (Fsp3) is 0.467.